The van der Waals surface area contributed by atoms with E-state index in [0.717, 1.165) is 0 Å². The molecule has 0 amide bonds. The molecular weight excluding hydrogens is 192 g/mol. The van der Waals surface area contributed by atoms with Crippen molar-refractivity contribution in [1.29, 1.82) is 0 Å². The molecule has 0 heterocycles. The largest absolute Gasteiger partial charge is 4.00 e. The van der Waals surface area contributed by atoms with Crippen LogP contribution in [0, 0.1) is 0 Å². The summed E-state index contributed by atoms with van der Waals surface area (Å²) in [5.74, 6) is 0. The van der Waals surface area contributed by atoms with Gasteiger partial charge in [-0.05, 0) is 0 Å². The van der Waals surface area contributed by atoms with Crippen LogP contribution in [0.2, 0.25) is 0 Å². The molecule has 0 aliphatic heterocycles. The SMILES string of the molecule is [Cd+2].[O-2].[O-2].[Ti+4]. The second kappa shape index (κ2) is 23.8. The quantitative estimate of drug-likeness (QED) is 0.476. The molecule has 0 aliphatic carbocycles. The third kappa shape index (κ3) is 9.59. The van der Waals surface area contributed by atoms with Crippen LogP contribution in [0.25, 0.3) is 0 Å². The van der Waals surface area contributed by atoms with E-state index in [4.69, 9.17) is 0 Å². The van der Waals surface area contributed by atoms with Gasteiger partial charge in [0.1, 0.15) is 0 Å². The normalized spacial score (nSPS) is 0. The molecule has 0 aliphatic rings. The van der Waals surface area contributed by atoms with E-state index >= 15 is 0 Å². The van der Waals surface area contributed by atoms with E-state index < -0.39 is 0 Å². The minimum Gasteiger partial charge on any atom is -2.00 e. The molecule has 0 unspecified atom stereocenters. The van der Waals surface area contributed by atoms with Crippen LogP contribution in [0.15, 0.2) is 0 Å². The zero-order valence-corrected chi connectivity index (χ0v) is 7.62. The zero-order valence-electron chi connectivity index (χ0n) is 2.02. The van der Waals surface area contributed by atoms with Gasteiger partial charge >= 0.3 is 49.0 Å². The van der Waals surface area contributed by atoms with Crippen molar-refractivity contribution in [3.63, 3.8) is 0 Å². The summed E-state index contributed by atoms with van der Waals surface area (Å²) < 4.78 is 0. The third-order valence-electron chi connectivity index (χ3n) is 0. The summed E-state index contributed by atoms with van der Waals surface area (Å²) in [4.78, 5) is 0. The topological polar surface area (TPSA) is 57.0 Å². The van der Waals surface area contributed by atoms with Crippen LogP contribution >= 0.6 is 0 Å². The molecule has 16 valence electrons. The average molecular weight is 192 g/mol. The van der Waals surface area contributed by atoms with E-state index in [1.165, 1.54) is 0 Å². The molecular formula is CdO2Ti+2. The van der Waals surface area contributed by atoms with Gasteiger partial charge in [0, 0.05) is 0 Å². The van der Waals surface area contributed by atoms with Gasteiger partial charge in [0.2, 0.25) is 0 Å². The Hall–Kier alpha value is 1.56. The Kier molecular flexibility index (Phi) is 283. The second-order valence-corrected chi connectivity index (χ2v) is 0. The first kappa shape index (κ1) is 47.6. The van der Waals surface area contributed by atoms with Crippen molar-refractivity contribution < 1.29 is 60.0 Å². The van der Waals surface area contributed by atoms with Crippen LogP contribution in [-0.2, 0) is 60.0 Å². The fourth-order valence-corrected chi connectivity index (χ4v) is 0. The van der Waals surface area contributed by atoms with Gasteiger partial charge in [-0.15, -0.1) is 0 Å². The molecule has 4 heavy (non-hydrogen) atoms. The first-order valence-electron chi connectivity index (χ1n) is 0. The van der Waals surface area contributed by atoms with E-state index in [9.17, 15) is 0 Å². The molecule has 0 spiro atoms. The molecule has 0 aromatic heterocycles. The number of rotatable bonds is 0. The molecule has 2 nitrogen and oxygen atoms in total. The van der Waals surface area contributed by atoms with Crippen LogP contribution in [0.4, 0.5) is 0 Å². The minimum absolute atomic E-state index is 0. The van der Waals surface area contributed by atoms with Crippen molar-refractivity contribution >= 4 is 0 Å². The monoisotopic (exact) mass is 194 g/mol. The predicted octanol–water partition coefficient (Wildman–Crippen LogP) is -0.243. The standard InChI is InChI=1S/Cd.2O.Ti/q+2;2*-2;+4. The average Bonchev–Trinajstić information content (AvgIpc) is 0. The molecule has 4 heteroatoms. The van der Waals surface area contributed by atoms with E-state index in [-0.39, 0.29) is 60.0 Å². The molecule has 0 fully saturated rings. The van der Waals surface area contributed by atoms with Gasteiger partial charge in [-0.2, -0.15) is 0 Å². The van der Waals surface area contributed by atoms with Gasteiger partial charge in [0.15, 0.2) is 0 Å². The Morgan fingerprint density at radius 2 is 0.750 bits per heavy atom. The minimum atomic E-state index is 0. The van der Waals surface area contributed by atoms with Crippen molar-refractivity contribution in [1.82, 2.24) is 0 Å². The van der Waals surface area contributed by atoms with E-state index in [1.807, 2.05) is 0 Å². The summed E-state index contributed by atoms with van der Waals surface area (Å²) in [5, 5.41) is 0. The van der Waals surface area contributed by atoms with E-state index in [2.05, 4.69) is 0 Å². The van der Waals surface area contributed by atoms with Crippen LogP contribution in [0.3, 0.4) is 0 Å². The molecule has 0 aromatic rings. The van der Waals surface area contributed by atoms with Gasteiger partial charge in [-0.25, -0.2) is 0 Å². The maximum atomic E-state index is 0. The molecule has 0 rings (SSSR count). The summed E-state index contributed by atoms with van der Waals surface area (Å²) in [7, 11) is 0. The Morgan fingerprint density at radius 1 is 0.750 bits per heavy atom. The van der Waals surface area contributed by atoms with Crippen LogP contribution in [-0.4, -0.2) is 0 Å². The first-order valence-corrected chi connectivity index (χ1v) is 0. The molecule has 0 aromatic carbocycles. The molecule has 0 saturated heterocycles. The van der Waals surface area contributed by atoms with Crippen molar-refractivity contribution in [3.05, 3.63) is 0 Å². The molecule has 0 saturated carbocycles. The van der Waals surface area contributed by atoms with Gasteiger partial charge in [0.05, 0.1) is 0 Å². The Labute approximate surface area is 59.6 Å². The van der Waals surface area contributed by atoms with Crippen LogP contribution < -0.4 is 0 Å². The molecule has 0 atom stereocenters. The van der Waals surface area contributed by atoms with Crippen molar-refractivity contribution in [2.75, 3.05) is 0 Å². The van der Waals surface area contributed by atoms with Crippen molar-refractivity contribution in [2.45, 2.75) is 0 Å². The summed E-state index contributed by atoms with van der Waals surface area (Å²) in [6.07, 6.45) is 0. The van der Waals surface area contributed by atoms with Gasteiger partial charge in [-0.1, -0.05) is 0 Å². The molecule has 0 radical (unpaired) electrons. The van der Waals surface area contributed by atoms with Gasteiger partial charge in [0.25, 0.3) is 0 Å². The Balaban J connectivity index is 0. The second-order valence-electron chi connectivity index (χ2n) is 0. The molecule has 0 bridgehead atoms. The van der Waals surface area contributed by atoms with E-state index in [1.54, 1.807) is 0 Å². The predicted molar refractivity (Wildman–Crippen MR) is 1.37 cm³/mol. The maximum absolute atomic E-state index is 0. The number of hydrogen-bond donors (Lipinski definition) is 0. The third-order valence-corrected chi connectivity index (χ3v) is 0. The summed E-state index contributed by atoms with van der Waals surface area (Å²) in [6, 6.07) is 0. The molecule has 0 N–H and O–H groups in total. The smallest absolute Gasteiger partial charge is 2.00 e. The fourth-order valence-electron chi connectivity index (χ4n) is 0. The first-order chi connectivity index (χ1) is 0. The zero-order chi connectivity index (χ0) is 0. The van der Waals surface area contributed by atoms with Crippen molar-refractivity contribution in [2.24, 2.45) is 0 Å². The summed E-state index contributed by atoms with van der Waals surface area (Å²) in [6.45, 7) is 0. The van der Waals surface area contributed by atoms with Crippen LogP contribution in [0.1, 0.15) is 0 Å². The maximum Gasteiger partial charge on any atom is 4.00 e. The Morgan fingerprint density at radius 3 is 0.750 bits per heavy atom. The Bertz CT molecular complexity index is 6.00. The van der Waals surface area contributed by atoms with E-state index in [0.29, 0.717) is 0 Å². The summed E-state index contributed by atoms with van der Waals surface area (Å²) in [5.41, 5.74) is 0. The fraction of sp³-hybridized carbons (Fsp3) is 0. The van der Waals surface area contributed by atoms with Gasteiger partial charge in [-0.3, -0.25) is 0 Å². The summed E-state index contributed by atoms with van der Waals surface area (Å²) >= 11 is 0. The van der Waals surface area contributed by atoms with Crippen molar-refractivity contribution in [3.8, 4) is 0 Å². The van der Waals surface area contributed by atoms with Gasteiger partial charge < -0.3 is 11.0 Å². The number of hydrogen-bond acceptors (Lipinski definition) is 0. The van der Waals surface area contributed by atoms with Crippen LogP contribution in [0.5, 0.6) is 0 Å².